The Morgan fingerprint density at radius 3 is 1.83 bits per heavy atom. The van der Waals surface area contributed by atoms with E-state index in [0.29, 0.717) is 11.5 Å². The summed E-state index contributed by atoms with van der Waals surface area (Å²) in [4.78, 5) is 24.3. The van der Waals surface area contributed by atoms with E-state index in [-0.39, 0.29) is 24.7 Å². The number of hydrogen-bond donors (Lipinski definition) is 1. The second kappa shape index (κ2) is 15.0. The minimum absolute atomic E-state index is 0.0285. The Morgan fingerprint density at radius 2 is 1.36 bits per heavy atom. The van der Waals surface area contributed by atoms with Crippen LogP contribution in [-0.2, 0) is 19.1 Å². The van der Waals surface area contributed by atoms with E-state index >= 15 is 0 Å². The van der Waals surface area contributed by atoms with Crippen LogP contribution in [0, 0.1) is 29.6 Å². The molecule has 5 heteroatoms. The van der Waals surface area contributed by atoms with Crippen molar-refractivity contribution in [1.29, 1.82) is 0 Å². The Hall–Kier alpha value is -1.62. The maximum atomic E-state index is 12.3. The molecule has 2 saturated carbocycles. The van der Waals surface area contributed by atoms with E-state index in [4.69, 9.17) is 9.47 Å². The second-order valence-electron chi connectivity index (χ2n) is 12.2. The summed E-state index contributed by atoms with van der Waals surface area (Å²) in [7, 11) is 0. The molecule has 0 bridgehead atoms. The standard InChI is InChI=1S/C31H52O5/c1-7-8-9-10-24-11-15-27(16-12-24)28-17-13-25(14-18-28)19-26(20-35-29(32)22(2)3)21-36-30(33)23(4)31(5,6)34/h24-28,34H,2,4,7-21H2,1,3,5-6H3. The van der Waals surface area contributed by atoms with Crippen LogP contribution in [0.5, 0.6) is 0 Å². The third-order valence-electron chi connectivity index (χ3n) is 8.57. The Bertz CT molecular complexity index is 718. The van der Waals surface area contributed by atoms with Gasteiger partial charge in [-0.05, 0) is 76.5 Å². The minimum atomic E-state index is -1.33. The zero-order valence-electron chi connectivity index (χ0n) is 23.5. The Kier molecular flexibility index (Phi) is 12.7. The van der Waals surface area contributed by atoms with Gasteiger partial charge in [-0.1, -0.05) is 71.4 Å². The number of carbonyl (C=O) groups is 2. The van der Waals surface area contributed by atoms with Gasteiger partial charge in [-0.25, -0.2) is 9.59 Å². The molecular weight excluding hydrogens is 452 g/mol. The summed E-state index contributed by atoms with van der Waals surface area (Å²) in [6, 6.07) is 0. The molecule has 2 fully saturated rings. The average molecular weight is 505 g/mol. The lowest BCUT2D eigenvalue weighted by Gasteiger charge is -2.38. The van der Waals surface area contributed by atoms with Gasteiger partial charge in [-0.2, -0.15) is 0 Å². The molecular formula is C31H52O5. The van der Waals surface area contributed by atoms with Crippen LogP contribution in [0.25, 0.3) is 0 Å². The van der Waals surface area contributed by atoms with E-state index in [0.717, 1.165) is 24.2 Å². The largest absolute Gasteiger partial charge is 0.462 e. The molecule has 1 N–H and O–H groups in total. The molecule has 206 valence electrons. The highest BCUT2D eigenvalue weighted by atomic mass is 16.5. The van der Waals surface area contributed by atoms with Crippen LogP contribution in [0.3, 0.4) is 0 Å². The lowest BCUT2D eigenvalue weighted by Crippen LogP contribution is -2.31. The Morgan fingerprint density at radius 1 is 0.861 bits per heavy atom. The molecule has 0 aromatic rings. The molecule has 0 heterocycles. The molecule has 36 heavy (non-hydrogen) atoms. The third-order valence-corrected chi connectivity index (χ3v) is 8.57. The number of rotatable bonds is 14. The monoisotopic (exact) mass is 504 g/mol. The lowest BCUT2D eigenvalue weighted by atomic mass is 9.68. The lowest BCUT2D eigenvalue weighted by molar-refractivity contribution is -0.145. The van der Waals surface area contributed by atoms with Crippen molar-refractivity contribution in [1.82, 2.24) is 0 Å². The topological polar surface area (TPSA) is 72.8 Å². The maximum Gasteiger partial charge on any atom is 0.336 e. The van der Waals surface area contributed by atoms with Gasteiger partial charge in [0.25, 0.3) is 0 Å². The molecule has 0 aromatic carbocycles. The molecule has 0 aliphatic heterocycles. The van der Waals surface area contributed by atoms with E-state index < -0.39 is 17.5 Å². The molecule has 0 aromatic heterocycles. The van der Waals surface area contributed by atoms with Crippen molar-refractivity contribution in [2.45, 2.75) is 117 Å². The van der Waals surface area contributed by atoms with Gasteiger partial charge in [0.15, 0.2) is 0 Å². The van der Waals surface area contributed by atoms with E-state index in [1.807, 2.05) is 0 Å². The number of ether oxygens (including phenoxy) is 2. The summed E-state index contributed by atoms with van der Waals surface area (Å²) >= 11 is 0. The van der Waals surface area contributed by atoms with Gasteiger partial charge in [-0.15, -0.1) is 0 Å². The Balaban J connectivity index is 1.81. The Labute approximate surface area is 220 Å². The zero-order valence-corrected chi connectivity index (χ0v) is 23.5. The molecule has 2 rings (SSSR count). The summed E-state index contributed by atoms with van der Waals surface area (Å²) in [5.41, 5.74) is -0.936. The zero-order chi connectivity index (χ0) is 26.7. The fourth-order valence-corrected chi connectivity index (χ4v) is 6.03. The first-order valence-corrected chi connectivity index (χ1v) is 14.4. The molecule has 0 spiro atoms. The van der Waals surface area contributed by atoms with Crippen LogP contribution in [0.2, 0.25) is 0 Å². The van der Waals surface area contributed by atoms with Crippen LogP contribution in [0.4, 0.5) is 0 Å². The molecule has 0 radical (unpaired) electrons. The predicted octanol–water partition coefficient (Wildman–Crippen LogP) is 7.18. The van der Waals surface area contributed by atoms with E-state index in [9.17, 15) is 14.7 Å². The van der Waals surface area contributed by atoms with Crippen molar-refractivity contribution in [2.24, 2.45) is 29.6 Å². The normalized spacial score (nSPS) is 25.6. The molecule has 0 saturated heterocycles. The molecule has 1 atom stereocenters. The third kappa shape index (κ3) is 10.4. The minimum Gasteiger partial charge on any atom is -0.462 e. The van der Waals surface area contributed by atoms with Crippen LogP contribution in [0.15, 0.2) is 24.3 Å². The first-order valence-electron chi connectivity index (χ1n) is 14.4. The molecule has 5 nitrogen and oxygen atoms in total. The summed E-state index contributed by atoms with van der Waals surface area (Å²) in [6.07, 6.45) is 17.0. The van der Waals surface area contributed by atoms with Gasteiger partial charge >= 0.3 is 11.9 Å². The highest BCUT2D eigenvalue weighted by molar-refractivity contribution is 5.89. The number of aliphatic hydroxyl groups is 1. The number of hydrogen-bond acceptors (Lipinski definition) is 5. The molecule has 0 amide bonds. The first kappa shape index (κ1) is 30.6. The smallest absolute Gasteiger partial charge is 0.336 e. The van der Waals surface area contributed by atoms with Crippen molar-refractivity contribution in [2.75, 3.05) is 13.2 Å². The van der Waals surface area contributed by atoms with E-state index in [1.54, 1.807) is 6.92 Å². The fourth-order valence-electron chi connectivity index (χ4n) is 6.03. The SMILES string of the molecule is C=C(C)C(=O)OCC(COC(=O)C(=C)C(C)(C)O)CC1CCC(C2CCC(CCCCC)CC2)CC1. The van der Waals surface area contributed by atoms with Crippen LogP contribution in [-0.4, -0.2) is 35.9 Å². The average Bonchev–Trinajstić information content (AvgIpc) is 2.85. The summed E-state index contributed by atoms with van der Waals surface area (Å²) in [5.74, 6) is 2.17. The van der Waals surface area contributed by atoms with E-state index in [1.165, 1.54) is 90.9 Å². The van der Waals surface area contributed by atoms with Gasteiger partial charge in [0.1, 0.15) is 0 Å². The van der Waals surface area contributed by atoms with Gasteiger partial charge in [0, 0.05) is 11.5 Å². The number of carbonyl (C=O) groups excluding carboxylic acids is 2. The van der Waals surface area contributed by atoms with Crippen molar-refractivity contribution in [3.05, 3.63) is 24.3 Å². The molecule has 1 unspecified atom stereocenters. The van der Waals surface area contributed by atoms with Crippen LogP contribution >= 0.6 is 0 Å². The van der Waals surface area contributed by atoms with Gasteiger partial charge < -0.3 is 14.6 Å². The van der Waals surface area contributed by atoms with Crippen LogP contribution < -0.4 is 0 Å². The first-order chi connectivity index (χ1) is 17.0. The highest BCUT2D eigenvalue weighted by Gasteiger charge is 2.32. The molecule has 2 aliphatic rings. The summed E-state index contributed by atoms with van der Waals surface area (Å²) < 4.78 is 10.9. The maximum absolute atomic E-state index is 12.3. The predicted molar refractivity (Wildman–Crippen MR) is 145 cm³/mol. The van der Waals surface area contributed by atoms with Crippen molar-refractivity contribution < 1.29 is 24.2 Å². The van der Waals surface area contributed by atoms with Crippen molar-refractivity contribution in [3.8, 4) is 0 Å². The van der Waals surface area contributed by atoms with Gasteiger partial charge in [-0.3, -0.25) is 0 Å². The summed E-state index contributed by atoms with van der Waals surface area (Å²) in [5, 5.41) is 10.0. The fraction of sp³-hybridized carbons (Fsp3) is 0.806. The second-order valence-corrected chi connectivity index (χ2v) is 12.2. The highest BCUT2D eigenvalue weighted by Crippen LogP contribution is 2.43. The van der Waals surface area contributed by atoms with E-state index in [2.05, 4.69) is 20.1 Å². The number of esters is 2. The molecule has 2 aliphatic carbocycles. The van der Waals surface area contributed by atoms with Crippen LogP contribution in [0.1, 0.15) is 111 Å². The van der Waals surface area contributed by atoms with Gasteiger partial charge in [0.05, 0.1) is 24.4 Å². The quantitative estimate of drug-likeness (QED) is 0.154. The van der Waals surface area contributed by atoms with Crippen molar-refractivity contribution in [3.63, 3.8) is 0 Å². The summed E-state index contributed by atoms with van der Waals surface area (Å²) in [6.45, 7) is 14.6. The van der Waals surface area contributed by atoms with Gasteiger partial charge in [0.2, 0.25) is 0 Å². The van der Waals surface area contributed by atoms with Crippen molar-refractivity contribution >= 4 is 11.9 Å². The number of unbranched alkanes of at least 4 members (excludes halogenated alkanes) is 2.